The van der Waals surface area contributed by atoms with Gasteiger partial charge in [0.15, 0.2) is 0 Å². The molecule has 2 aromatic carbocycles. The molecule has 2 aliphatic rings. The van der Waals surface area contributed by atoms with Gasteiger partial charge in [0.05, 0.1) is 35.6 Å². The van der Waals surface area contributed by atoms with Crippen LogP contribution in [-0.4, -0.2) is 47.2 Å². The third-order valence-electron chi connectivity index (χ3n) is 7.67. The molecule has 0 unspecified atom stereocenters. The first-order valence-electron chi connectivity index (χ1n) is 13.4. The number of methoxy groups -OCH3 is 1. The Morgan fingerprint density at radius 3 is 2.40 bits per heavy atom. The number of halogens is 2. The van der Waals surface area contributed by atoms with Crippen molar-refractivity contribution in [2.75, 3.05) is 25.1 Å². The van der Waals surface area contributed by atoms with Gasteiger partial charge in [-0.25, -0.2) is 4.79 Å². The Bertz CT molecular complexity index is 1500. The second kappa shape index (κ2) is 11.3. The quantitative estimate of drug-likeness (QED) is 0.210. The van der Waals surface area contributed by atoms with Crippen LogP contribution in [0, 0.1) is 0 Å². The highest BCUT2D eigenvalue weighted by atomic mass is 35.5. The Kier molecular flexibility index (Phi) is 7.57. The fraction of sp³-hybridized carbons (Fsp3) is 0.367. The number of aromatic nitrogens is 3. The molecule has 1 aliphatic carbocycles. The molecular weight excluding hydrogens is 551 g/mol. The number of nitrogens with zero attached hydrogens (tertiary/aromatic N) is 4. The van der Waals surface area contributed by atoms with Gasteiger partial charge < -0.3 is 18.9 Å². The van der Waals surface area contributed by atoms with Crippen LogP contribution in [0.15, 0.2) is 53.1 Å². The number of anilines is 1. The van der Waals surface area contributed by atoms with E-state index in [-0.39, 0.29) is 6.10 Å². The van der Waals surface area contributed by atoms with Crippen molar-refractivity contribution in [3.05, 3.63) is 75.6 Å². The number of aryl methyl sites for hydroxylation is 1. The zero-order chi connectivity index (χ0) is 27.8. The van der Waals surface area contributed by atoms with Crippen LogP contribution in [0.2, 0.25) is 10.0 Å². The number of esters is 1. The molecule has 10 heteroatoms. The first kappa shape index (κ1) is 26.9. The first-order valence-corrected chi connectivity index (χ1v) is 14.2. The third kappa shape index (κ3) is 5.36. The van der Waals surface area contributed by atoms with Gasteiger partial charge in [0.1, 0.15) is 17.1 Å². The van der Waals surface area contributed by atoms with Crippen LogP contribution in [0.5, 0.6) is 0 Å². The highest BCUT2D eigenvalue weighted by Gasteiger charge is 2.34. The molecule has 1 aliphatic heterocycles. The van der Waals surface area contributed by atoms with Crippen molar-refractivity contribution in [3.63, 3.8) is 0 Å². The Labute approximate surface area is 242 Å². The lowest BCUT2D eigenvalue weighted by Gasteiger charge is -2.33. The number of ether oxygens (including phenoxy) is 2. The normalized spacial score (nSPS) is 15.9. The van der Waals surface area contributed by atoms with Crippen LogP contribution < -0.4 is 4.90 Å². The maximum atomic E-state index is 11.9. The second-order valence-corrected chi connectivity index (χ2v) is 11.1. The number of piperidine rings is 1. The molecule has 0 atom stereocenters. The second-order valence-electron chi connectivity index (χ2n) is 10.3. The summed E-state index contributed by atoms with van der Waals surface area (Å²) in [5.41, 5.74) is 5.59. The zero-order valence-electron chi connectivity index (χ0n) is 22.4. The van der Waals surface area contributed by atoms with E-state index < -0.39 is 5.97 Å². The summed E-state index contributed by atoms with van der Waals surface area (Å²) in [7, 11) is 3.10. The Hall–Kier alpha value is -3.33. The highest BCUT2D eigenvalue weighted by Crippen LogP contribution is 2.46. The van der Waals surface area contributed by atoms with Crippen LogP contribution in [0.25, 0.3) is 22.5 Å². The minimum absolute atomic E-state index is 0.136. The summed E-state index contributed by atoms with van der Waals surface area (Å²) in [4.78, 5) is 14.3. The van der Waals surface area contributed by atoms with Gasteiger partial charge in [-0.1, -0.05) is 46.6 Å². The summed E-state index contributed by atoms with van der Waals surface area (Å²) in [5, 5.41) is 9.93. The zero-order valence-corrected chi connectivity index (χ0v) is 23.9. The Morgan fingerprint density at radius 1 is 1.05 bits per heavy atom. The van der Waals surface area contributed by atoms with Gasteiger partial charge >= 0.3 is 5.97 Å². The van der Waals surface area contributed by atoms with Crippen LogP contribution in [0.3, 0.4) is 0 Å². The van der Waals surface area contributed by atoms with Crippen molar-refractivity contribution in [3.8, 4) is 22.5 Å². The molecule has 0 bridgehead atoms. The van der Waals surface area contributed by atoms with Gasteiger partial charge in [0.2, 0.25) is 0 Å². The van der Waals surface area contributed by atoms with E-state index in [2.05, 4.69) is 27.3 Å². The molecular formula is C30H30Cl2N4O4. The largest absolute Gasteiger partial charge is 0.464 e. The molecule has 8 nitrogen and oxygen atoms in total. The Morgan fingerprint density at radius 2 is 1.75 bits per heavy atom. The minimum atomic E-state index is -0.403. The topological polar surface area (TPSA) is 82.6 Å². The lowest BCUT2D eigenvalue weighted by molar-refractivity contribution is 0.0246. The van der Waals surface area contributed by atoms with E-state index in [4.69, 9.17) is 37.2 Å². The standard InChI is InChI=1S/C30H30Cl2N4O4/c1-35-26(30(37)38-2)16-25(33-35)18-8-10-20(11-9-18)36-14-12-21(13-15-36)39-17-22-28(34-40-29(22)19-6-7-19)27-23(31)4-3-5-24(27)32/h3-5,8-11,16,19,21H,6-7,12-15,17H2,1-2H3. The van der Waals surface area contributed by atoms with Crippen molar-refractivity contribution in [1.82, 2.24) is 14.9 Å². The summed E-state index contributed by atoms with van der Waals surface area (Å²) in [6, 6.07) is 15.5. The van der Waals surface area contributed by atoms with Gasteiger partial charge in [-0.05, 0) is 56.0 Å². The fourth-order valence-electron chi connectivity index (χ4n) is 5.28. The third-order valence-corrected chi connectivity index (χ3v) is 8.30. The van der Waals surface area contributed by atoms with Crippen LogP contribution in [0.1, 0.15) is 53.4 Å². The summed E-state index contributed by atoms with van der Waals surface area (Å²) < 4.78 is 18.6. The van der Waals surface area contributed by atoms with Gasteiger partial charge in [-0.3, -0.25) is 4.68 Å². The molecule has 1 saturated heterocycles. The van der Waals surface area contributed by atoms with Crippen LogP contribution in [0.4, 0.5) is 5.69 Å². The molecule has 4 aromatic rings. The fourth-order valence-corrected chi connectivity index (χ4v) is 5.85. The van der Waals surface area contributed by atoms with E-state index in [1.165, 1.54) is 7.11 Å². The van der Waals surface area contributed by atoms with Crippen molar-refractivity contribution in [1.29, 1.82) is 0 Å². The molecule has 3 heterocycles. The summed E-state index contributed by atoms with van der Waals surface area (Å²) in [6.07, 6.45) is 4.16. The maximum Gasteiger partial charge on any atom is 0.356 e. The highest BCUT2D eigenvalue weighted by molar-refractivity contribution is 6.39. The predicted molar refractivity (Wildman–Crippen MR) is 154 cm³/mol. The number of carbonyl (C=O) groups is 1. The molecule has 6 rings (SSSR count). The van der Waals surface area contributed by atoms with E-state index in [9.17, 15) is 4.79 Å². The molecule has 0 spiro atoms. The van der Waals surface area contributed by atoms with Gasteiger partial charge in [-0.2, -0.15) is 5.10 Å². The van der Waals surface area contributed by atoms with Crippen molar-refractivity contribution >= 4 is 34.9 Å². The molecule has 1 saturated carbocycles. The van der Waals surface area contributed by atoms with E-state index in [0.717, 1.165) is 67.0 Å². The van der Waals surface area contributed by atoms with E-state index in [1.54, 1.807) is 17.8 Å². The first-order chi connectivity index (χ1) is 19.4. The van der Waals surface area contributed by atoms with E-state index in [0.29, 0.717) is 39.5 Å². The van der Waals surface area contributed by atoms with E-state index >= 15 is 0 Å². The summed E-state index contributed by atoms with van der Waals surface area (Å²) in [5.74, 6) is 0.888. The SMILES string of the molecule is COC(=O)c1cc(-c2ccc(N3CCC(OCc4c(-c5c(Cl)cccc5Cl)noc4C4CC4)CC3)cc2)nn1C. The number of benzene rings is 2. The molecule has 40 heavy (non-hydrogen) atoms. The predicted octanol–water partition coefficient (Wildman–Crippen LogP) is 6.90. The van der Waals surface area contributed by atoms with Gasteiger partial charge in [-0.15, -0.1) is 0 Å². The average Bonchev–Trinajstić information content (AvgIpc) is 3.62. The Balaban J connectivity index is 1.09. The van der Waals surface area contributed by atoms with Crippen LogP contribution in [-0.2, 0) is 23.1 Å². The minimum Gasteiger partial charge on any atom is -0.464 e. The number of rotatable bonds is 8. The molecule has 2 aromatic heterocycles. The van der Waals surface area contributed by atoms with Gasteiger partial charge in [0.25, 0.3) is 0 Å². The molecule has 0 N–H and O–H groups in total. The number of hydrogen-bond acceptors (Lipinski definition) is 7. The number of hydrogen-bond donors (Lipinski definition) is 0. The van der Waals surface area contributed by atoms with Crippen molar-refractivity contribution < 1.29 is 18.8 Å². The van der Waals surface area contributed by atoms with E-state index in [1.807, 2.05) is 30.3 Å². The molecule has 0 amide bonds. The molecule has 2 fully saturated rings. The number of carbonyl (C=O) groups excluding carboxylic acids is 1. The molecule has 0 radical (unpaired) electrons. The summed E-state index contributed by atoms with van der Waals surface area (Å²) >= 11 is 13.0. The monoisotopic (exact) mass is 580 g/mol. The maximum absolute atomic E-state index is 11.9. The van der Waals surface area contributed by atoms with Crippen LogP contribution >= 0.6 is 23.2 Å². The van der Waals surface area contributed by atoms with Gasteiger partial charge in [0, 0.05) is 48.4 Å². The molecule has 208 valence electrons. The van der Waals surface area contributed by atoms with Crippen molar-refractivity contribution in [2.24, 2.45) is 7.05 Å². The van der Waals surface area contributed by atoms with Crippen molar-refractivity contribution in [2.45, 2.75) is 44.3 Å². The smallest absolute Gasteiger partial charge is 0.356 e. The summed E-state index contributed by atoms with van der Waals surface area (Å²) in [6.45, 7) is 2.20. The average molecular weight is 582 g/mol. The lowest BCUT2D eigenvalue weighted by Crippen LogP contribution is -2.37. The lowest BCUT2D eigenvalue weighted by atomic mass is 10.0.